The summed E-state index contributed by atoms with van der Waals surface area (Å²) in [5.41, 5.74) is 7.97. The standard InChI is InChI=1S/C8H15N3/c1-2-8-7(4-3-5-9)6-10-11-8/h6H,2-5,9H2,1H3,(H,10,11). The third-order valence-electron chi connectivity index (χ3n) is 1.81. The first-order valence-corrected chi connectivity index (χ1v) is 4.09. The van der Waals surface area contributed by atoms with Gasteiger partial charge >= 0.3 is 0 Å². The Morgan fingerprint density at radius 2 is 2.45 bits per heavy atom. The number of H-pyrrole nitrogens is 1. The van der Waals surface area contributed by atoms with Gasteiger partial charge in [-0.2, -0.15) is 5.10 Å². The fraction of sp³-hybridized carbons (Fsp3) is 0.625. The Morgan fingerprint density at radius 3 is 3.09 bits per heavy atom. The van der Waals surface area contributed by atoms with Crippen molar-refractivity contribution in [2.45, 2.75) is 26.2 Å². The third kappa shape index (κ3) is 2.05. The van der Waals surface area contributed by atoms with Crippen LogP contribution in [0.1, 0.15) is 24.6 Å². The van der Waals surface area contributed by atoms with Crippen molar-refractivity contribution in [2.75, 3.05) is 6.54 Å². The second-order valence-corrected chi connectivity index (χ2v) is 2.62. The zero-order valence-electron chi connectivity index (χ0n) is 6.93. The van der Waals surface area contributed by atoms with Crippen LogP contribution in [0.4, 0.5) is 0 Å². The summed E-state index contributed by atoms with van der Waals surface area (Å²) in [6, 6.07) is 0. The van der Waals surface area contributed by atoms with E-state index in [1.165, 1.54) is 11.3 Å². The van der Waals surface area contributed by atoms with E-state index in [2.05, 4.69) is 17.1 Å². The van der Waals surface area contributed by atoms with Crippen molar-refractivity contribution in [1.82, 2.24) is 10.2 Å². The lowest BCUT2D eigenvalue weighted by Gasteiger charge is -1.97. The molecule has 0 aliphatic rings. The van der Waals surface area contributed by atoms with E-state index >= 15 is 0 Å². The molecule has 0 atom stereocenters. The van der Waals surface area contributed by atoms with Gasteiger partial charge in [0.25, 0.3) is 0 Å². The number of aryl methyl sites for hydroxylation is 2. The highest BCUT2D eigenvalue weighted by Gasteiger charge is 2.00. The fourth-order valence-corrected chi connectivity index (χ4v) is 1.15. The van der Waals surface area contributed by atoms with Crippen molar-refractivity contribution in [1.29, 1.82) is 0 Å². The zero-order chi connectivity index (χ0) is 8.10. The van der Waals surface area contributed by atoms with Gasteiger partial charge in [0.1, 0.15) is 0 Å². The summed E-state index contributed by atoms with van der Waals surface area (Å²) in [7, 11) is 0. The van der Waals surface area contributed by atoms with Gasteiger partial charge in [-0.3, -0.25) is 5.10 Å². The highest BCUT2D eigenvalue weighted by molar-refractivity contribution is 5.15. The molecule has 0 radical (unpaired) electrons. The molecule has 0 spiro atoms. The molecule has 0 aliphatic carbocycles. The predicted octanol–water partition coefficient (Wildman–Crippen LogP) is 0.863. The first kappa shape index (κ1) is 8.27. The van der Waals surface area contributed by atoms with Crippen LogP contribution in [0, 0.1) is 0 Å². The lowest BCUT2D eigenvalue weighted by Crippen LogP contribution is -2.01. The van der Waals surface area contributed by atoms with E-state index in [1.807, 2.05) is 6.20 Å². The highest BCUT2D eigenvalue weighted by atomic mass is 15.1. The van der Waals surface area contributed by atoms with Gasteiger partial charge < -0.3 is 5.73 Å². The van der Waals surface area contributed by atoms with Crippen molar-refractivity contribution < 1.29 is 0 Å². The number of nitrogens with zero attached hydrogens (tertiary/aromatic N) is 1. The summed E-state index contributed by atoms with van der Waals surface area (Å²) in [5, 5.41) is 6.95. The zero-order valence-corrected chi connectivity index (χ0v) is 6.93. The molecule has 1 rings (SSSR count). The van der Waals surface area contributed by atoms with Crippen molar-refractivity contribution in [2.24, 2.45) is 5.73 Å². The van der Waals surface area contributed by atoms with E-state index in [0.29, 0.717) is 0 Å². The molecule has 1 aromatic heterocycles. The van der Waals surface area contributed by atoms with Crippen molar-refractivity contribution in [3.8, 4) is 0 Å². The van der Waals surface area contributed by atoms with E-state index < -0.39 is 0 Å². The van der Waals surface area contributed by atoms with Crippen LogP contribution in [0.25, 0.3) is 0 Å². The number of nitrogens with two attached hydrogens (primary N) is 1. The Kier molecular flexibility index (Phi) is 3.11. The minimum Gasteiger partial charge on any atom is -0.330 e. The van der Waals surface area contributed by atoms with Crippen LogP contribution in [0.5, 0.6) is 0 Å². The van der Waals surface area contributed by atoms with Crippen molar-refractivity contribution in [3.63, 3.8) is 0 Å². The molecule has 11 heavy (non-hydrogen) atoms. The minimum absolute atomic E-state index is 0.758. The number of nitrogens with one attached hydrogen (secondary N) is 1. The second-order valence-electron chi connectivity index (χ2n) is 2.62. The van der Waals surface area contributed by atoms with Gasteiger partial charge in [-0.15, -0.1) is 0 Å². The molecule has 0 aromatic carbocycles. The molecule has 3 nitrogen and oxygen atoms in total. The van der Waals surface area contributed by atoms with Crippen LogP contribution < -0.4 is 5.73 Å². The average molecular weight is 153 g/mol. The molecule has 0 bridgehead atoms. The van der Waals surface area contributed by atoms with E-state index in [9.17, 15) is 0 Å². The average Bonchev–Trinajstić information content (AvgIpc) is 2.47. The van der Waals surface area contributed by atoms with Crippen LogP contribution in [0.2, 0.25) is 0 Å². The Labute approximate surface area is 67.0 Å². The Balaban J connectivity index is 2.54. The van der Waals surface area contributed by atoms with Gasteiger partial charge in [0, 0.05) is 5.69 Å². The quantitative estimate of drug-likeness (QED) is 0.674. The Bertz CT molecular complexity index is 205. The first-order chi connectivity index (χ1) is 5.38. The Morgan fingerprint density at radius 1 is 1.64 bits per heavy atom. The molecular weight excluding hydrogens is 138 g/mol. The van der Waals surface area contributed by atoms with Gasteiger partial charge in [0.2, 0.25) is 0 Å². The van der Waals surface area contributed by atoms with Gasteiger partial charge in [-0.1, -0.05) is 6.92 Å². The summed E-state index contributed by atoms with van der Waals surface area (Å²) in [6.45, 7) is 2.88. The summed E-state index contributed by atoms with van der Waals surface area (Å²) in [5.74, 6) is 0. The number of rotatable bonds is 4. The van der Waals surface area contributed by atoms with Gasteiger partial charge in [-0.05, 0) is 31.4 Å². The van der Waals surface area contributed by atoms with Crippen molar-refractivity contribution >= 4 is 0 Å². The molecule has 0 unspecified atom stereocenters. The number of aromatic amines is 1. The highest BCUT2D eigenvalue weighted by Crippen LogP contribution is 2.06. The van der Waals surface area contributed by atoms with E-state index in [4.69, 9.17) is 5.73 Å². The smallest absolute Gasteiger partial charge is 0.0522 e. The third-order valence-corrected chi connectivity index (χ3v) is 1.81. The Hall–Kier alpha value is -0.830. The molecule has 0 saturated heterocycles. The molecule has 0 aliphatic heterocycles. The van der Waals surface area contributed by atoms with E-state index in [1.54, 1.807) is 0 Å². The first-order valence-electron chi connectivity index (χ1n) is 4.09. The largest absolute Gasteiger partial charge is 0.330 e. The van der Waals surface area contributed by atoms with E-state index in [0.717, 1.165) is 25.8 Å². The number of aromatic nitrogens is 2. The molecule has 62 valence electrons. The van der Waals surface area contributed by atoms with Gasteiger partial charge in [-0.25, -0.2) is 0 Å². The maximum absolute atomic E-state index is 5.41. The molecular formula is C8H15N3. The van der Waals surface area contributed by atoms with Gasteiger partial charge in [0.05, 0.1) is 6.20 Å². The minimum atomic E-state index is 0.758. The molecule has 3 N–H and O–H groups in total. The van der Waals surface area contributed by atoms with Crippen LogP contribution >= 0.6 is 0 Å². The maximum atomic E-state index is 5.41. The summed E-state index contributed by atoms with van der Waals surface area (Å²) < 4.78 is 0. The van der Waals surface area contributed by atoms with Crippen LogP contribution in [-0.4, -0.2) is 16.7 Å². The van der Waals surface area contributed by atoms with E-state index in [-0.39, 0.29) is 0 Å². The maximum Gasteiger partial charge on any atom is 0.0522 e. The molecule has 0 saturated carbocycles. The van der Waals surface area contributed by atoms with Crippen LogP contribution in [0.15, 0.2) is 6.20 Å². The predicted molar refractivity (Wildman–Crippen MR) is 45.3 cm³/mol. The topological polar surface area (TPSA) is 54.7 Å². The molecule has 1 heterocycles. The summed E-state index contributed by atoms with van der Waals surface area (Å²) in [6.07, 6.45) is 5.02. The normalized spacial score (nSPS) is 10.4. The molecule has 3 heteroatoms. The van der Waals surface area contributed by atoms with Crippen molar-refractivity contribution in [3.05, 3.63) is 17.5 Å². The lowest BCUT2D eigenvalue weighted by atomic mass is 10.1. The van der Waals surface area contributed by atoms with Gasteiger partial charge in [0.15, 0.2) is 0 Å². The lowest BCUT2D eigenvalue weighted by molar-refractivity contribution is 0.821. The summed E-state index contributed by atoms with van der Waals surface area (Å²) in [4.78, 5) is 0. The molecule has 0 fully saturated rings. The number of hydrogen-bond acceptors (Lipinski definition) is 2. The van der Waals surface area contributed by atoms with Crippen LogP contribution in [0.3, 0.4) is 0 Å². The fourth-order valence-electron chi connectivity index (χ4n) is 1.15. The molecule has 0 amide bonds. The SMILES string of the molecule is CCc1[nH]ncc1CCCN. The molecule has 1 aromatic rings. The monoisotopic (exact) mass is 153 g/mol. The second kappa shape index (κ2) is 4.13. The number of hydrogen-bond donors (Lipinski definition) is 2. The van der Waals surface area contributed by atoms with Crippen LogP contribution in [-0.2, 0) is 12.8 Å². The summed E-state index contributed by atoms with van der Waals surface area (Å²) >= 11 is 0.